The molecule has 2 aliphatic heterocycles. The zero-order valence-electron chi connectivity index (χ0n) is 12.6. The van der Waals surface area contributed by atoms with E-state index in [9.17, 15) is 40.9 Å². The van der Waals surface area contributed by atoms with E-state index in [-0.39, 0.29) is 0 Å². The van der Waals surface area contributed by atoms with Gasteiger partial charge in [0.05, 0.1) is 18.8 Å². The van der Waals surface area contributed by atoms with Gasteiger partial charge >= 0.3 is 0 Å². The van der Waals surface area contributed by atoms with E-state index in [1.54, 1.807) is 0 Å². The second-order valence-electron chi connectivity index (χ2n) is 6.13. The summed E-state index contributed by atoms with van der Waals surface area (Å²) in [6, 6.07) is 0. The number of rotatable bonds is 4. The zero-order chi connectivity index (χ0) is 18.2. The van der Waals surface area contributed by atoms with Crippen molar-refractivity contribution >= 4 is 0 Å². The predicted molar refractivity (Wildman–Crippen MR) is 73.3 cm³/mol. The zero-order valence-corrected chi connectivity index (χ0v) is 12.6. The van der Waals surface area contributed by atoms with E-state index in [1.807, 2.05) is 0 Å². The fourth-order valence-corrected chi connectivity index (χ4v) is 2.95. The first-order valence-corrected chi connectivity index (χ1v) is 7.55. The molecule has 2 heterocycles. The maximum Gasteiger partial charge on any atom is 0.183 e. The van der Waals surface area contributed by atoms with Crippen molar-refractivity contribution in [2.45, 2.75) is 73.8 Å². The van der Waals surface area contributed by atoms with Crippen LogP contribution in [-0.2, 0) is 9.47 Å². The first kappa shape index (κ1) is 19.9. The molecule has 0 amide bonds. The van der Waals surface area contributed by atoms with Crippen molar-refractivity contribution in [1.82, 2.24) is 0 Å². The molecule has 0 spiro atoms. The first-order valence-electron chi connectivity index (χ1n) is 7.55. The normalized spacial score (nSPS) is 51.4. The van der Waals surface area contributed by atoms with E-state index in [0.717, 1.165) is 0 Å². The minimum Gasteiger partial charge on any atom is -0.394 e. The van der Waals surface area contributed by atoms with Gasteiger partial charge in [-0.2, -0.15) is 0 Å². The van der Waals surface area contributed by atoms with Gasteiger partial charge in [-0.1, -0.05) is 0 Å². The lowest BCUT2D eigenvalue weighted by Gasteiger charge is -2.44. The Balaban J connectivity index is 2.04. The molecular formula is C13H24O11. The van der Waals surface area contributed by atoms with Crippen LogP contribution in [0.4, 0.5) is 0 Å². The highest BCUT2D eigenvalue weighted by molar-refractivity contribution is 4.97. The molecule has 2 saturated heterocycles. The maximum absolute atomic E-state index is 10.2. The molecular weight excluding hydrogens is 332 g/mol. The van der Waals surface area contributed by atoms with Crippen molar-refractivity contribution in [3.05, 3.63) is 0 Å². The van der Waals surface area contributed by atoms with E-state index in [1.165, 1.54) is 0 Å². The number of hydrogen-bond acceptors (Lipinski definition) is 11. The second kappa shape index (κ2) is 7.85. The third kappa shape index (κ3) is 3.71. The largest absolute Gasteiger partial charge is 0.394 e. The molecule has 0 bridgehead atoms. The van der Waals surface area contributed by atoms with Gasteiger partial charge in [0.2, 0.25) is 0 Å². The maximum atomic E-state index is 10.2. The molecule has 0 saturated carbocycles. The molecule has 0 aromatic heterocycles. The van der Waals surface area contributed by atoms with E-state index in [2.05, 4.69) is 0 Å². The molecule has 2 rings (SSSR count). The monoisotopic (exact) mass is 356 g/mol. The van der Waals surface area contributed by atoms with Crippen molar-refractivity contribution in [1.29, 1.82) is 0 Å². The summed E-state index contributed by atoms with van der Waals surface area (Å²) in [7, 11) is 0. The number of hydrogen-bond donors (Lipinski definition) is 9. The minimum absolute atomic E-state index is 0.426. The highest BCUT2D eigenvalue weighted by atomic mass is 16.6. The van der Waals surface area contributed by atoms with Gasteiger partial charge in [-0.15, -0.1) is 0 Å². The lowest BCUT2D eigenvalue weighted by molar-refractivity contribution is -0.292. The van der Waals surface area contributed by atoms with Gasteiger partial charge in [0.25, 0.3) is 0 Å². The fourth-order valence-electron chi connectivity index (χ4n) is 2.95. The van der Waals surface area contributed by atoms with E-state index in [0.29, 0.717) is 0 Å². The third-order valence-electron chi connectivity index (χ3n) is 4.47. The summed E-state index contributed by atoms with van der Waals surface area (Å²) >= 11 is 0. The van der Waals surface area contributed by atoms with Gasteiger partial charge < -0.3 is 55.4 Å². The van der Waals surface area contributed by atoms with Crippen LogP contribution in [0.1, 0.15) is 6.42 Å². The Kier molecular flexibility index (Phi) is 6.50. The van der Waals surface area contributed by atoms with E-state index >= 15 is 0 Å². The van der Waals surface area contributed by atoms with Gasteiger partial charge in [0, 0.05) is 6.42 Å². The lowest BCUT2D eigenvalue weighted by Crippen LogP contribution is -2.63. The van der Waals surface area contributed by atoms with Crippen LogP contribution >= 0.6 is 0 Å². The Labute approximate surface area is 136 Å². The molecule has 0 aromatic rings. The van der Waals surface area contributed by atoms with Crippen LogP contribution < -0.4 is 0 Å². The molecule has 142 valence electrons. The van der Waals surface area contributed by atoms with E-state index < -0.39 is 80.4 Å². The van der Waals surface area contributed by atoms with Gasteiger partial charge in [-0.25, -0.2) is 0 Å². The van der Waals surface area contributed by atoms with Crippen LogP contribution in [0, 0.1) is 0 Å². The molecule has 24 heavy (non-hydrogen) atoms. The summed E-state index contributed by atoms with van der Waals surface area (Å²) in [6.07, 6.45) is -17.7. The smallest absolute Gasteiger partial charge is 0.183 e. The number of aliphatic hydroxyl groups excluding tert-OH is 9. The summed E-state index contributed by atoms with van der Waals surface area (Å²) in [4.78, 5) is 0. The van der Waals surface area contributed by atoms with Crippen LogP contribution in [0.3, 0.4) is 0 Å². The Morgan fingerprint density at radius 2 is 1.21 bits per heavy atom. The summed E-state index contributed by atoms with van der Waals surface area (Å²) in [5.41, 5.74) is 0. The van der Waals surface area contributed by atoms with Crippen molar-refractivity contribution in [3.8, 4) is 0 Å². The van der Waals surface area contributed by atoms with Crippen LogP contribution in [0.15, 0.2) is 0 Å². The Hall–Kier alpha value is -0.440. The molecule has 11 nitrogen and oxygen atoms in total. The predicted octanol–water partition coefficient (Wildman–Crippen LogP) is -5.62. The number of aliphatic hydroxyl groups is 9. The highest BCUT2D eigenvalue weighted by Crippen LogP contribution is 2.28. The summed E-state index contributed by atoms with van der Waals surface area (Å²) in [6.45, 7) is -0.666. The van der Waals surface area contributed by atoms with Crippen LogP contribution in [0.25, 0.3) is 0 Å². The van der Waals surface area contributed by atoms with Crippen molar-refractivity contribution in [3.63, 3.8) is 0 Å². The summed E-state index contributed by atoms with van der Waals surface area (Å²) in [5, 5.41) is 86.9. The topological polar surface area (TPSA) is 201 Å². The van der Waals surface area contributed by atoms with Gasteiger partial charge in [0.15, 0.2) is 6.29 Å². The average Bonchev–Trinajstić information content (AvgIpc) is 2.55. The summed E-state index contributed by atoms with van der Waals surface area (Å²) in [5.74, 6) is 0. The van der Waals surface area contributed by atoms with Crippen LogP contribution in [0.2, 0.25) is 0 Å². The van der Waals surface area contributed by atoms with Crippen molar-refractivity contribution < 1.29 is 55.4 Å². The SMILES string of the molecule is OC[C@H]1O[C@H]([C@@H](O)C[C@H]2OC(O)[C@H](O)[C@@H](O)[C@@H]2O)[C@H](O)[C@@H](O)[C@@H]1O. The van der Waals surface area contributed by atoms with Crippen LogP contribution in [0.5, 0.6) is 0 Å². The lowest BCUT2D eigenvalue weighted by atomic mass is 9.88. The molecule has 11 heteroatoms. The summed E-state index contributed by atoms with van der Waals surface area (Å²) < 4.78 is 10.1. The van der Waals surface area contributed by atoms with Crippen molar-refractivity contribution in [2.75, 3.05) is 6.61 Å². The van der Waals surface area contributed by atoms with Gasteiger partial charge in [-0.05, 0) is 0 Å². The Morgan fingerprint density at radius 1 is 0.667 bits per heavy atom. The average molecular weight is 356 g/mol. The molecule has 9 N–H and O–H groups in total. The molecule has 0 radical (unpaired) electrons. The van der Waals surface area contributed by atoms with Gasteiger partial charge in [0.1, 0.15) is 48.8 Å². The molecule has 2 aliphatic rings. The number of ether oxygens (including phenoxy) is 2. The standard InChI is InChI=1S/C13H24O11/c14-2-5-7(17)8(18)10(20)12(23-5)3(15)1-4-6(16)9(19)11(21)13(22)24-4/h3-22H,1-2H2/t3-,4+,5+,6+,7+,8-,9-,10+,11+,12+,13?/m0/s1. The fraction of sp³-hybridized carbons (Fsp3) is 1.00. The minimum atomic E-state index is -1.78. The molecule has 1 unspecified atom stereocenters. The molecule has 11 atom stereocenters. The quantitative estimate of drug-likeness (QED) is 0.232. The van der Waals surface area contributed by atoms with Crippen molar-refractivity contribution in [2.24, 2.45) is 0 Å². The third-order valence-corrected chi connectivity index (χ3v) is 4.47. The Bertz CT molecular complexity index is 407. The molecule has 2 fully saturated rings. The Morgan fingerprint density at radius 3 is 1.79 bits per heavy atom. The first-order chi connectivity index (χ1) is 11.2. The molecule has 0 aliphatic carbocycles. The second-order valence-corrected chi connectivity index (χ2v) is 6.13. The van der Waals surface area contributed by atoms with E-state index in [4.69, 9.17) is 14.6 Å². The van der Waals surface area contributed by atoms with Crippen LogP contribution in [-0.4, -0.2) is 120 Å². The highest BCUT2D eigenvalue weighted by Gasteiger charge is 2.49. The molecule has 0 aromatic carbocycles. The van der Waals surface area contributed by atoms with Gasteiger partial charge in [-0.3, -0.25) is 0 Å².